The summed E-state index contributed by atoms with van der Waals surface area (Å²) in [4.78, 5) is 11.7. The lowest BCUT2D eigenvalue weighted by molar-refractivity contribution is -0.138. The molecule has 6 heteroatoms. The highest BCUT2D eigenvalue weighted by molar-refractivity contribution is 5.86. The van der Waals surface area contributed by atoms with Crippen molar-refractivity contribution in [1.29, 1.82) is 5.41 Å². The number of nitrogens with one attached hydrogen (secondary N) is 1. The molecular weight excluding hydrogens is 298 g/mol. The fraction of sp³-hybridized carbons (Fsp3) is 0.412. The molecule has 0 aliphatic rings. The van der Waals surface area contributed by atoms with E-state index < -0.39 is 12.1 Å². The van der Waals surface area contributed by atoms with Crippen molar-refractivity contribution in [3.05, 3.63) is 41.3 Å². The van der Waals surface area contributed by atoms with Gasteiger partial charge in [-0.15, -0.1) is 0 Å². The van der Waals surface area contributed by atoms with Crippen molar-refractivity contribution in [3.8, 4) is 5.75 Å². The zero-order chi connectivity index (χ0) is 17.2. The number of esters is 1. The first kappa shape index (κ1) is 18.7. The van der Waals surface area contributed by atoms with Crippen LogP contribution in [0.25, 0.3) is 0 Å². The third kappa shape index (κ3) is 5.41. The quantitative estimate of drug-likeness (QED) is 0.327. The van der Waals surface area contributed by atoms with Gasteiger partial charge in [-0.25, -0.2) is 4.79 Å². The molecule has 0 spiro atoms. The summed E-state index contributed by atoms with van der Waals surface area (Å²) in [7, 11) is 2.68. The summed E-state index contributed by atoms with van der Waals surface area (Å²) in [6.45, 7) is 4.41. The summed E-state index contributed by atoms with van der Waals surface area (Å²) < 4.78 is 20.7. The molecule has 0 heterocycles. The first-order chi connectivity index (χ1) is 11.1. The van der Waals surface area contributed by atoms with Crippen molar-refractivity contribution in [2.75, 3.05) is 20.8 Å². The molecular formula is C17H23NO5. The van der Waals surface area contributed by atoms with Gasteiger partial charge in [0, 0.05) is 12.8 Å². The Kier molecular flexibility index (Phi) is 7.83. The van der Waals surface area contributed by atoms with Crippen LogP contribution in [0.2, 0.25) is 0 Å². The Morgan fingerprint density at radius 2 is 2.09 bits per heavy atom. The van der Waals surface area contributed by atoms with Gasteiger partial charge in [-0.1, -0.05) is 19.1 Å². The normalized spacial score (nSPS) is 12.4. The molecule has 126 valence electrons. The maximum atomic E-state index is 11.7. The average molecular weight is 321 g/mol. The van der Waals surface area contributed by atoms with E-state index in [2.05, 4.69) is 4.74 Å². The van der Waals surface area contributed by atoms with Gasteiger partial charge in [-0.05, 0) is 30.5 Å². The molecule has 0 radical (unpaired) electrons. The third-order valence-electron chi connectivity index (χ3n) is 3.03. The van der Waals surface area contributed by atoms with Gasteiger partial charge in [0.2, 0.25) is 5.76 Å². The predicted octanol–water partition coefficient (Wildman–Crippen LogP) is 3.15. The lowest BCUT2D eigenvalue weighted by Gasteiger charge is -2.16. The van der Waals surface area contributed by atoms with Gasteiger partial charge in [-0.2, -0.15) is 0 Å². The molecule has 0 aliphatic carbocycles. The molecule has 1 rings (SSSR count). The molecule has 0 aliphatic heterocycles. The average Bonchev–Trinajstić information content (AvgIpc) is 2.56. The zero-order valence-electron chi connectivity index (χ0n) is 13.9. The largest absolute Gasteiger partial charge is 0.500 e. The minimum absolute atomic E-state index is 0.0591. The van der Waals surface area contributed by atoms with Crippen LogP contribution in [-0.4, -0.2) is 33.0 Å². The predicted molar refractivity (Wildman–Crippen MR) is 86.7 cm³/mol. The number of hydrogen-bond acceptors (Lipinski definition) is 6. The highest BCUT2D eigenvalue weighted by Gasteiger charge is 2.16. The summed E-state index contributed by atoms with van der Waals surface area (Å²) in [6, 6.07) is 5.46. The number of benzene rings is 1. The van der Waals surface area contributed by atoms with E-state index in [1.807, 2.05) is 26.0 Å². The van der Waals surface area contributed by atoms with Crippen LogP contribution in [0, 0.1) is 12.3 Å². The number of hydrogen-bond donors (Lipinski definition) is 1. The van der Waals surface area contributed by atoms with Crippen LogP contribution in [-0.2, 0) is 19.0 Å². The molecule has 0 saturated heterocycles. The number of ether oxygens (including phenoxy) is 4. The van der Waals surface area contributed by atoms with Crippen LogP contribution in [0.3, 0.4) is 0 Å². The molecule has 0 fully saturated rings. The Morgan fingerprint density at radius 1 is 1.35 bits per heavy atom. The highest BCUT2D eigenvalue weighted by atomic mass is 16.6. The summed E-state index contributed by atoms with van der Waals surface area (Å²) in [6.07, 6.45) is 2.82. The number of carbonyl (C=O) groups excluding carboxylic acids is 1. The molecule has 0 aromatic heterocycles. The molecule has 0 bridgehead atoms. The van der Waals surface area contributed by atoms with Gasteiger partial charge in [0.1, 0.15) is 18.1 Å². The van der Waals surface area contributed by atoms with Gasteiger partial charge in [0.05, 0.1) is 14.2 Å². The van der Waals surface area contributed by atoms with Crippen LogP contribution < -0.4 is 4.74 Å². The fourth-order valence-corrected chi connectivity index (χ4v) is 1.83. The Hall–Kier alpha value is -2.34. The van der Waals surface area contributed by atoms with Crippen molar-refractivity contribution in [3.63, 3.8) is 0 Å². The van der Waals surface area contributed by atoms with Gasteiger partial charge < -0.3 is 24.4 Å². The third-order valence-corrected chi connectivity index (χ3v) is 3.03. The molecule has 1 unspecified atom stereocenters. The second kappa shape index (κ2) is 9.63. The Labute approximate surface area is 136 Å². The maximum Gasteiger partial charge on any atom is 0.377 e. The van der Waals surface area contributed by atoms with E-state index in [4.69, 9.17) is 19.6 Å². The van der Waals surface area contributed by atoms with E-state index >= 15 is 0 Å². The van der Waals surface area contributed by atoms with Crippen molar-refractivity contribution in [2.45, 2.75) is 26.4 Å². The van der Waals surface area contributed by atoms with E-state index in [-0.39, 0.29) is 5.76 Å². The van der Waals surface area contributed by atoms with Crippen LogP contribution in [0.4, 0.5) is 0 Å². The first-order valence-corrected chi connectivity index (χ1v) is 7.29. The van der Waals surface area contributed by atoms with E-state index in [1.165, 1.54) is 26.7 Å². The molecule has 23 heavy (non-hydrogen) atoms. The number of methoxy groups -OCH3 is 2. The monoisotopic (exact) mass is 321 g/mol. The minimum atomic E-state index is -0.637. The molecule has 1 aromatic rings. The topological polar surface area (TPSA) is 77.8 Å². The van der Waals surface area contributed by atoms with Crippen molar-refractivity contribution < 1.29 is 23.7 Å². The lowest BCUT2D eigenvalue weighted by atomic mass is 10.1. The molecule has 0 saturated carbocycles. The van der Waals surface area contributed by atoms with Crippen LogP contribution in [0.15, 0.2) is 30.2 Å². The van der Waals surface area contributed by atoms with Gasteiger partial charge in [-0.3, -0.25) is 0 Å². The van der Waals surface area contributed by atoms with Crippen molar-refractivity contribution >= 4 is 12.2 Å². The summed E-state index contributed by atoms with van der Waals surface area (Å²) in [5.74, 6) is -0.221. The lowest BCUT2D eigenvalue weighted by Crippen LogP contribution is -2.12. The van der Waals surface area contributed by atoms with E-state index in [9.17, 15) is 4.79 Å². The maximum absolute atomic E-state index is 11.7. The molecule has 1 atom stereocenters. The minimum Gasteiger partial charge on any atom is -0.500 e. The van der Waals surface area contributed by atoms with Crippen LogP contribution >= 0.6 is 0 Å². The van der Waals surface area contributed by atoms with Gasteiger partial charge in [0.15, 0.2) is 0 Å². The summed E-state index contributed by atoms with van der Waals surface area (Å²) in [5, 5.41) is 7.51. The number of aryl methyl sites for hydroxylation is 1. The Morgan fingerprint density at radius 3 is 2.65 bits per heavy atom. The van der Waals surface area contributed by atoms with Crippen molar-refractivity contribution in [1.82, 2.24) is 0 Å². The summed E-state index contributed by atoms with van der Waals surface area (Å²) in [5.41, 5.74) is 1.61. The second-order valence-electron chi connectivity index (χ2n) is 4.79. The van der Waals surface area contributed by atoms with E-state index in [1.54, 1.807) is 6.07 Å². The Balaban J connectivity index is 3.06. The number of rotatable bonds is 9. The van der Waals surface area contributed by atoms with E-state index in [0.717, 1.165) is 17.5 Å². The molecule has 1 aromatic carbocycles. The first-order valence-electron chi connectivity index (χ1n) is 7.29. The van der Waals surface area contributed by atoms with E-state index in [0.29, 0.717) is 12.4 Å². The van der Waals surface area contributed by atoms with Gasteiger partial charge >= 0.3 is 5.97 Å². The Bertz CT molecular complexity index is 568. The molecule has 0 amide bonds. The fourth-order valence-electron chi connectivity index (χ4n) is 1.83. The van der Waals surface area contributed by atoms with Gasteiger partial charge in [0.25, 0.3) is 0 Å². The highest BCUT2D eigenvalue weighted by Crippen LogP contribution is 2.26. The van der Waals surface area contributed by atoms with Crippen LogP contribution in [0.1, 0.15) is 30.6 Å². The molecule has 1 N–H and O–H groups in total. The second-order valence-corrected chi connectivity index (χ2v) is 4.79. The summed E-state index contributed by atoms with van der Waals surface area (Å²) >= 11 is 0. The van der Waals surface area contributed by atoms with Crippen LogP contribution in [0.5, 0.6) is 5.75 Å². The number of carbonyl (C=O) groups is 1. The van der Waals surface area contributed by atoms with Crippen molar-refractivity contribution in [2.24, 2.45) is 0 Å². The smallest absolute Gasteiger partial charge is 0.377 e. The SMILES string of the molecule is CCCOC(C=N)c1ccc(C)c(O/C(=C/OC)C(=O)OC)c1. The zero-order valence-corrected chi connectivity index (χ0v) is 13.9. The standard InChI is InChI=1S/C17H23NO5/c1-5-8-22-15(10-18)13-7-6-12(2)14(9-13)23-16(11-20-3)17(19)21-4/h6-7,9-11,15,18H,5,8H2,1-4H3/b16-11+,18-10?. The molecule has 6 nitrogen and oxygen atoms in total.